The number of unbranched alkanes of at least 4 members (excludes halogenated alkanes) is 5. The van der Waals surface area contributed by atoms with Gasteiger partial charge in [-0.3, -0.25) is 14.8 Å². The number of benzene rings is 1. The van der Waals surface area contributed by atoms with E-state index >= 15 is 0 Å². The topological polar surface area (TPSA) is 102 Å². The molecular formula is C27H48N4O3. The van der Waals surface area contributed by atoms with Crippen LogP contribution in [0.15, 0.2) is 24.3 Å². The van der Waals surface area contributed by atoms with Gasteiger partial charge in [-0.15, -0.1) is 0 Å². The molecular weight excluding hydrogens is 428 g/mol. The van der Waals surface area contributed by atoms with Gasteiger partial charge in [0.05, 0.1) is 0 Å². The number of rotatable bonds is 19. The molecule has 1 rings (SSSR count). The Hall–Kier alpha value is -1.96. The van der Waals surface area contributed by atoms with Gasteiger partial charge >= 0.3 is 0 Å². The highest BCUT2D eigenvalue weighted by Gasteiger charge is 2.12. The summed E-state index contributed by atoms with van der Waals surface area (Å²) in [5, 5.41) is 18.4. The lowest BCUT2D eigenvalue weighted by atomic mass is 9.87. The normalized spacial score (nSPS) is 11.4. The van der Waals surface area contributed by atoms with Crippen LogP contribution in [0, 0.1) is 0 Å². The SMILES string of the molecule is CC(C)(C)c1ccc(CNCCCCNCCCNC(=O)CCCCCCCC(=O)NO)cc1. The van der Waals surface area contributed by atoms with E-state index in [0.29, 0.717) is 12.8 Å². The summed E-state index contributed by atoms with van der Waals surface area (Å²) in [6, 6.07) is 8.91. The molecule has 0 heterocycles. The van der Waals surface area contributed by atoms with E-state index in [1.807, 2.05) is 0 Å². The maximum absolute atomic E-state index is 11.8. The van der Waals surface area contributed by atoms with E-state index < -0.39 is 0 Å². The van der Waals surface area contributed by atoms with E-state index in [9.17, 15) is 9.59 Å². The minimum absolute atomic E-state index is 0.124. The van der Waals surface area contributed by atoms with E-state index in [1.54, 1.807) is 5.48 Å². The van der Waals surface area contributed by atoms with Crippen molar-refractivity contribution < 1.29 is 14.8 Å². The molecule has 0 bridgehead atoms. The third-order valence-electron chi connectivity index (χ3n) is 5.89. The van der Waals surface area contributed by atoms with Gasteiger partial charge in [-0.2, -0.15) is 0 Å². The molecule has 0 saturated carbocycles. The van der Waals surface area contributed by atoms with Crippen LogP contribution in [-0.2, 0) is 21.5 Å². The molecule has 0 aromatic heterocycles. The summed E-state index contributed by atoms with van der Waals surface area (Å²) in [4.78, 5) is 22.7. The van der Waals surface area contributed by atoms with Crippen LogP contribution in [0.5, 0.6) is 0 Å². The highest BCUT2D eigenvalue weighted by atomic mass is 16.5. The average Bonchev–Trinajstić information content (AvgIpc) is 2.81. The Morgan fingerprint density at radius 2 is 1.26 bits per heavy atom. The van der Waals surface area contributed by atoms with E-state index in [1.165, 1.54) is 11.1 Å². The molecule has 7 nitrogen and oxygen atoms in total. The predicted molar refractivity (Wildman–Crippen MR) is 139 cm³/mol. The van der Waals surface area contributed by atoms with Crippen molar-refractivity contribution in [1.82, 2.24) is 21.4 Å². The fourth-order valence-electron chi connectivity index (χ4n) is 3.67. The number of hydroxylamine groups is 1. The molecule has 1 aromatic rings. The van der Waals surface area contributed by atoms with Gasteiger partial charge in [-0.25, -0.2) is 5.48 Å². The number of carbonyl (C=O) groups excluding carboxylic acids is 2. The molecule has 0 radical (unpaired) electrons. The molecule has 194 valence electrons. The molecule has 0 saturated heterocycles. The summed E-state index contributed by atoms with van der Waals surface area (Å²) in [6.45, 7) is 11.3. The number of carbonyl (C=O) groups is 2. The van der Waals surface area contributed by atoms with E-state index in [-0.39, 0.29) is 17.2 Å². The predicted octanol–water partition coefficient (Wildman–Crippen LogP) is 4.19. The summed E-state index contributed by atoms with van der Waals surface area (Å²) in [7, 11) is 0. The van der Waals surface area contributed by atoms with Gasteiger partial charge < -0.3 is 16.0 Å². The van der Waals surface area contributed by atoms with Crippen molar-refractivity contribution in [2.75, 3.05) is 26.2 Å². The molecule has 34 heavy (non-hydrogen) atoms. The maximum Gasteiger partial charge on any atom is 0.243 e. The molecule has 0 aliphatic rings. The van der Waals surface area contributed by atoms with Crippen LogP contribution in [0.25, 0.3) is 0 Å². The second-order valence-corrected chi connectivity index (χ2v) is 10.1. The monoisotopic (exact) mass is 476 g/mol. The van der Waals surface area contributed by atoms with Crippen LogP contribution in [0.2, 0.25) is 0 Å². The van der Waals surface area contributed by atoms with Crippen molar-refractivity contribution in [2.45, 2.75) is 96.9 Å². The first-order chi connectivity index (χ1) is 16.3. The Bertz CT molecular complexity index is 671. The van der Waals surface area contributed by atoms with Crippen LogP contribution in [0.3, 0.4) is 0 Å². The number of nitrogens with one attached hydrogen (secondary N) is 4. The molecule has 7 heteroatoms. The number of hydrogen-bond donors (Lipinski definition) is 5. The lowest BCUT2D eigenvalue weighted by Gasteiger charge is -2.19. The lowest BCUT2D eigenvalue weighted by Crippen LogP contribution is -2.27. The van der Waals surface area contributed by atoms with E-state index in [2.05, 4.69) is 61.0 Å². The minimum atomic E-state index is -0.334. The largest absolute Gasteiger partial charge is 0.356 e. The first-order valence-electron chi connectivity index (χ1n) is 13.0. The fourth-order valence-corrected chi connectivity index (χ4v) is 3.67. The number of amides is 2. The average molecular weight is 477 g/mol. The summed E-state index contributed by atoms with van der Waals surface area (Å²) >= 11 is 0. The molecule has 2 amide bonds. The van der Waals surface area contributed by atoms with Gasteiger partial charge in [0.2, 0.25) is 11.8 Å². The fraction of sp³-hybridized carbons (Fsp3) is 0.704. The van der Waals surface area contributed by atoms with Crippen molar-refractivity contribution in [3.8, 4) is 0 Å². The van der Waals surface area contributed by atoms with Crippen LogP contribution >= 0.6 is 0 Å². The zero-order valence-electron chi connectivity index (χ0n) is 21.7. The van der Waals surface area contributed by atoms with E-state index in [4.69, 9.17) is 5.21 Å². The third kappa shape index (κ3) is 15.8. The van der Waals surface area contributed by atoms with Crippen LogP contribution in [0.1, 0.15) is 96.1 Å². The number of hydrogen-bond acceptors (Lipinski definition) is 5. The summed E-state index contributed by atoms with van der Waals surface area (Å²) in [6.07, 6.45) is 8.77. The zero-order valence-corrected chi connectivity index (χ0v) is 21.7. The summed E-state index contributed by atoms with van der Waals surface area (Å²) in [5.41, 5.74) is 4.55. The van der Waals surface area contributed by atoms with Gasteiger partial charge in [0.25, 0.3) is 0 Å². The van der Waals surface area contributed by atoms with Crippen molar-refractivity contribution in [1.29, 1.82) is 0 Å². The second kappa shape index (κ2) is 18.4. The maximum atomic E-state index is 11.8. The van der Waals surface area contributed by atoms with Crippen LogP contribution < -0.4 is 21.4 Å². The molecule has 5 N–H and O–H groups in total. The van der Waals surface area contributed by atoms with Gasteiger partial charge in [0.15, 0.2) is 0 Å². The summed E-state index contributed by atoms with van der Waals surface area (Å²) < 4.78 is 0. The molecule has 0 aliphatic carbocycles. The molecule has 0 aliphatic heterocycles. The van der Waals surface area contributed by atoms with Gasteiger partial charge in [0, 0.05) is 25.9 Å². The quantitative estimate of drug-likeness (QED) is 0.117. The van der Waals surface area contributed by atoms with Gasteiger partial charge in [0.1, 0.15) is 0 Å². The molecule has 1 aromatic carbocycles. The second-order valence-electron chi connectivity index (χ2n) is 10.1. The summed E-state index contributed by atoms with van der Waals surface area (Å²) in [5.74, 6) is -0.210. The molecule has 0 atom stereocenters. The Morgan fingerprint density at radius 1 is 0.706 bits per heavy atom. The lowest BCUT2D eigenvalue weighted by molar-refractivity contribution is -0.129. The van der Waals surface area contributed by atoms with Crippen LogP contribution in [-0.4, -0.2) is 43.2 Å². The Morgan fingerprint density at radius 3 is 1.88 bits per heavy atom. The van der Waals surface area contributed by atoms with Crippen molar-refractivity contribution in [2.24, 2.45) is 0 Å². The molecule has 0 spiro atoms. The van der Waals surface area contributed by atoms with Crippen molar-refractivity contribution in [3.05, 3.63) is 35.4 Å². The third-order valence-corrected chi connectivity index (χ3v) is 5.89. The zero-order chi connectivity index (χ0) is 25.1. The Kier molecular flexibility index (Phi) is 16.3. The highest BCUT2D eigenvalue weighted by Crippen LogP contribution is 2.22. The van der Waals surface area contributed by atoms with Crippen molar-refractivity contribution >= 4 is 11.8 Å². The van der Waals surface area contributed by atoms with Crippen molar-refractivity contribution in [3.63, 3.8) is 0 Å². The highest BCUT2D eigenvalue weighted by molar-refractivity contribution is 5.75. The first kappa shape index (κ1) is 30.1. The molecule has 0 unspecified atom stereocenters. The smallest absolute Gasteiger partial charge is 0.243 e. The van der Waals surface area contributed by atoms with Gasteiger partial charge in [-0.1, -0.05) is 64.3 Å². The minimum Gasteiger partial charge on any atom is -0.356 e. The van der Waals surface area contributed by atoms with Gasteiger partial charge in [-0.05, 0) is 68.3 Å². The Balaban J connectivity index is 1.85. The Labute approximate surface area is 206 Å². The molecule has 0 fully saturated rings. The van der Waals surface area contributed by atoms with Crippen LogP contribution in [0.4, 0.5) is 0 Å². The van der Waals surface area contributed by atoms with E-state index in [0.717, 1.165) is 84.1 Å². The standard InChI is InChI=1S/C27H48N4O3/c1-27(2,3)24-16-14-23(15-17-24)22-29-19-10-9-18-28-20-11-21-30-25(32)12-7-5-4-6-8-13-26(33)31-34/h14-17,28-29,34H,4-13,18-22H2,1-3H3,(H,30,32)(H,31,33). The first-order valence-corrected chi connectivity index (χ1v) is 13.0.